The molecule has 4 N–H and O–H groups in total. The van der Waals surface area contributed by atoms with Crippen molar-refractivity contribution in [2.75, 3.05) is 6.67 Å². The van der Waals surface area contributed by atoms with Crippen molar-refractivity contribution in [1.29, 1.82) is 0 Å². The zero-order chi connectivity index (χ0) is 12.8. The normalized spacial score (nSPS) is 12.4. The van der Waals surface area contributed by atoms with Crippen LogP contribution in [0.25, 0.3) is 0 Å². The van der Waals surface area contributed by atoms with Gasteiger partial charge in [-0.25, -0.2) is 0 Å². The molecule has 0 bridgehead atoms. The standard InChI is InChI=1S/C12H16FNO3/c13-5-1-2-9-6-8(3-4-11(9)15)7-10(14)12(16)17/h3-4,6,10,15H,1-2,5,7,14H2,(H,16,17)/i13-1. The molecule has 1 rings (SSSR count). The van der Waals surface area contributed by atoms with E-state index in [9.17, 15) is 14.3 Å². The molecule has 5 heteroatoms. The van der Waals surface area contributed by atoms with Gasteiger partial charge in [0.15, 0.2) is 0 Å². The lowest BCUT2D eigenvalue weighted by molar-refractivity contribution is -0.138. The van der Waals surface area contributed by atoms with Gasteiger partial charge in [0, 0.05) is 0 Å². The quantitative estimate of drug-likeness (QED) is 0.698. The van der Waals surface area contributed by atoms with E-state index in [-0.39, 0.29) is 12.2 Å². The number of benzene rings is 1. The third kappa shape index (κ3) is 4.03. The summed E-state index contributed by atoms with van der Waals surface area (Å²) in [6, 6.07) is 3.82. The molecular formula is C12H16FNO3. The predicted octanol–water partition coefficient (Wildman–Crippen LogP) is 1.25. The summed E-state index contributed by atoms with van der Waals surface area (Å²) in [5, 5.41) is 18.2. The number of carbonyl (C=O) groups is 1. The molecule has 1 aromatic carbocycles. The zero-order valence-corrected chi connectivity index (χ0v) is 9.40. The van der Waals surface area contributed by atoms with E-state index in [1.807, 2.05) is 0 Å². The van der Waals surface area contributed by atoms with Crippen molar-refractivity contribution < 1.29 is 19.4 Å². The summed E-state index contributed by atoms with van der Waals surface area (Å²) in [5.74, 6) is -0.963. The molecule has 0 spiro atoms. The number of hydrogen-bond donors (Lipinski definition) is 3. The first kappa shape index (κ1) is 13.4. The second kappa shape index (κ2) is 6.20. The molecule has 0 heterocycles. The van der Waals surface area contributed by atoms with E-state index in [0.717, 1.165) is 5.56 Å². The molecule has 0 saturated carbocycles. The van der Waals surface area contributed by atoms with E-state index in [2.05, 4.69) is 0 Å². The van der Waals surface area contributed by atoms with Gasteiger partial charge in [0.05, 0.1) is 6.67 Å². The van der Waals surface area contributed by atoms with Gasteiger partial charge >= 0.3 is 5.97 Å². The highest BCUT2D eigenvalue weighted by molar-refractivity contribution is 5.73. The molecule has 0 fully saturated rings. The molecule has 0 radical (unpaired) electrons. The fourth-order valence-corrected chi connectivity index (χ4v) is 1.56. The monoisotopic (exact) mass is 240 g/mol. The number of nitrogens with two attached hydrogens (primary N) is 1. The first-order valence-corrected chi connectivity index (χ1v) is 5.39. The number of rotatable bonds is 6. The average molecular weight is 240 g/mol. The minimum Gasteiger partial charge on any atom is -0.508 e. The Kier molecular flexibility index (Phi) is 4.90. The van der Waals surface area contributed by atoms with Crippen LogP contribution in [0, 0.1) is 0 Å². The fraction of sp³-hybridized carbons (Fsp3) is 0.417. The summed E-state index contributed by atoms with van der Waals surface area (Å²) in [4.78, 5) is 10.6. The Morgan fingerprint density at radius 1 is 1.47 bits per heavy atom. The number of alkyl halides is 1. The molecule has 0 aliphatic carbocycles. The van der Waals surface area contributed by atoms with E-state index in [1.54, 1.807) is 12.1 Å². The number of aromatic hydroxyl groups is 1. The van der Waals surface area contributed by atoms with Crippen LogP contribution in [0.3, 0.4) is 0 Å². The highest BCUT2D eigenvalue weighted by Gasteiger charge is 2.13. The smallest absolute Gasteiger partial charge is 0.320 e. The summed E-state index contributed by atoms with van der Waals surface area (Å²) in [6.07, 6.45) is 0.957. The van der Waals surface area contributed by atoms with E-state index in [0.29, 0.717) is 18.4 Å². The Morgan fingerprint density at radius 3 is 2.76 bits per heavy atom. The summed E-state index contributed by atoms with van der Waals surface area (Å²) in [6.45, 7) is -0.446. The Labute approximate surface area is 98.9 Å². The topological polar surface area (TPSA) is 83.5 Å². The average Bonchev–Trinajstić information content (AvgIpc) is 2.29. The summed E-state index contributed by atoms with van der Waals surface area (Å²) >= 11 is 0. The lowest BCUT2D eigenvalue weighted by Crippen LogP contribution is -2.32. The molecule has 0 saturated heterocycles. The predicted molar refractivity (Wildman–Crippen MR) is 61.7 cm³/mol. The van der Waals surface area contributed by atoms with E-state index in [1.165, 1.54) is 6.07 Å². The summed E-state index contributed by atoms with van der Waals surface area (Å²) in [7, 11) is 0. The van der Waals surface area contributed by atoms with Crippen LogP contribution < -0.4 is 5.73 Å². The van der Waals surface area contributed by atoms with Gasteiger partial charge in [-0.1, -0.05) is 12.1 Å². The number of halogens is 1. The van der Waals surface area contributed by atoms with Crippen LogP contribution in [0.15, 0.2) is 18.2 Å². The number of carboxylic acid groups (broad SMARTS) is 1. The second-order valence-corrected chi connectivity index (χ2v) is 3.90. The number of hydrogen-bond acceptors (Lipinski definition) is 3. The highest BCUT2D eigenvalue weighted by atomic mass is 18.2. The molecule has 1 atom stereocenters. The van der Waals surface area contributed by atoms with E-state index >= 15 is 0 Å². The molecule has 17 heavy (non-hydrogen) atoms. The van der Waals surface area contributed by atoms with Crippen molar-refractivity contribution in [3.63, 3.8) is 0 Å². The van der Waals surface area contributed by atoms with Crippen LogP contribution in [0.4, 0.5) is 4.39 Å². The maximum atomic E-state index is 12.0. The van der Waals surface area contributed by atoms with E-state index in [4.69, 9.17) is 10.8 Å². The Bertz CT molecular complexity index is 395. The molecule has 1 unspecified atom stereocenters. The summed E-state index contributed by atoms with van der Waals surface area (Å²) in [5.41, 5.74) is 6.77. The molecule has 0 amide bonds. The maximum Gasteiger partial charge on any atom is 0.320 e. The Hall–Kier alpha value is -1.62. The van der Waals surface area contributed by atoms with Crippen LogP contribution in [0.1, 0.15) is 17.5 Å². The van der Waals surface area contributed by atoms with Crippen LogP contribution >= 0.6 is 0 Å². The molecule has 94 valence electrons. The highest BCUT2D eigenvalue weighted by Crippen LogP contribution is 2.20. The van der Waals surface area contributed by atoms with Gasteiger partial charge in [-0.15, -0.1) is 0 Å². The van der Waals surface area contributed by atoms with Gasteiger partial charge < -0.3 is 15.9 Å². The number of aliphatic carboxylic acids is 1. The van der Waals surface area contributed by atoms with Gasteiger partial charge in [-0.2, -0.15) is 0 Å². The molecule has 0 aliphatic rings. The fourth-order valence-electron chi connectivity index (χ4n) is 1.56. The van der Waals surface area contributed by atoms with Crippen molar-refractivity contribution in [3.05, 3.63) is 29.3 Å². The molecule has 0 aliphatic heterocycles. The summed E-state index contributed by atoms with van der Waals surface area (Å²) < 4.78 is 12.0. The van der Waals surface area contributed by atoms with Gasteiger partial charge in [0.1, 0.15) is 11.8 Å². The first-order chi connectivity index (χ1) is 8.04. The minimum absolute atomic E-state index is 0.103. The second-order valence-electron chi connectivity index (χ2n) is 3.90. The molecular weight excluding hydrogens is 224 g/mol. The van der Waals surface area contributed by atoms with Crippen molar-refractivity contribution in [3.8, 4) is 5.75 Å². The number of aryl methyl sites for hydroxylation is 1. The Morgan fingerprint density at radius 2 is 2.18 bits per heavy atom. The van der Waals surface area contributed by atoms with Crippen molar-refractivity contribution >= 4 is 5.97 Å². The van der Waals surface area contributed by atoms with Gasteiger partial charge in [-0.05, 0) is 36.5 Å². The Balaban J connectivity index is 2.77. The minimum atomic E-state index is -1.07. The number of phenolic OH excluding ortho intramolecular Hbond substituents is 1. The van der Waals surface area contributed by atoms with Gasteiger partial charge in [0.2, 0.25) is 0 Å². The first-order valence-electron chi connectivity index (χ1n) is 5.39. The lowest BCUT2D eigenvalue weighted by Gasteiger charge is -2.09. The zero-order valence-electron chi connectivity index (χ0n) is 9.40. The van der Waals surface area contributed by atoms with Gasteiger partial charge in [0.25, 0.3) is 0 Å². The lowest BCUT2D eigenvalue weighted by atomic mass is 10.0. The molecule has 1 aromatic rings. The number of carboxylic acids is 1. The molecule has 0 aromatic heterocycles. The van der Waals surface area contributed by atoms with Crippen LogP contribution in [-0.4, -0.2) is 28.9 Å². The van der Waals surface area contributed by atoms with Crippen molar-refractivity contribution in [1.82, 2.24) is 0 Å². The largest absolute Gasteiger partial charge is 0.508 e. The van der Waals surface area contributed by atoms with Crippen molar-refractivity contribution in [2.24, 2.45) is 5.73 Å². The molecule has 4 nitrogen and oxygen atoms in total. The van der Waals surface area contributed by atoms with E-state index < -0.39 is 18.7 Å². The number of phenols is 1. The van der Waals surface area contributed by atoms with Crippen LogP contribution in [0.2, 0.25) is 0 Å². The van der Waals surface area contributed by atoms with Crippen LogP contribution in [0.5, 0.6) is 5.75 Å². The van der Waals surface area contributed by atoms with Crippen molar-refractivity contribution in [2.45, 2.75) is 25.3 Å². The maximum absolute atomic E-state index is 12.0. The van der Waals surface area contributed by atoms with Gasteiger partial charge in [-0.3, -0.25) is 9.18 Å². The van der Waals surface area contributed by atoms with Crippen LogP contribution in [-0.2, 0) is 17.6 Å². The SMILES string of the molecule is NC(Cc1ccc(O)c(CCC[18F])c1)C(=O)O. The third-order valence-electron chi connectivity index (χ3n) is 2.50. The third-order valence-corrected chi connectivity index (χ3v) is 2.50.